The molecule has 0 spiro atoms. The Bertz CT molecular complexity index is 625. The Balaban J connectivity index is 2.26. The van der Waals surface area contributed by atoms with Gasteiger partial charge in [-0.05, 0) is 37.7 Å². The lowest BCUT2D eigenvalue weighted by atomic mass is 10.2. The fraction of sp³-hybridized carbons (Fsp3) is 0.286. The van der Waals surface area contributed by atoms with Crippen molar-refractivity contribution in [2.75, 3.05) is 7.05 Å². The van der Waals surface area contributed by atoms with Crippen LogP contribution in [0.3, 0.4) is 0 Å². The van der Waals surface area contributed by atoms with Crippen molar-refractivity contribution < 1.29 is 4.92 Å². The maximum absolute atomic E-state index is 11.1. The molecule has 1 aromatic carbocycles. The first-order chi connectivity index (χ1) is 9.51. The monoisotopic (exact) mass is 337 g/mol. The van der Waals surface area contributed by atoms with Gasteiger partial charge in [-0.2, -0.15) is 0 Å². The van der Waals surface area contributed by atoms with Gasteiger partial charge in [-0.15, -0.1) is 0 Å². The summed E-state index contributed by atoms with van der Waals surface area (Å²) >= 11 is 3.26. The van der Waals surface area contributed by atoms with Crippen LogP contribution in [0, 0.1) is 10.1 Å². The van der Waals surface area contributed by atoms with Crippen LogP contribution in [0.2, 0.25) is 0 Å². The summed E-state index contributed by atoms with van der Waals surface area (Å²) in [7, 11) is 1.90. The summed E-state index contributed by atoms with van der Waals surface area (Å²) in [6, 6.07) is 7.42. The van der Waals surface area contributed by atoms with Crippen molar-refractivity contribution >= 4 is 21.6 Å². The van der Waals surface area contributed by atoms with Gasteiger partial charge in [-0.25, -0.2) is 0 Å². The Morgan fingerprint density at radius 3 is 2.85 bits per heavy atom. The molecule has 2 rings (SSSR count). The van der Waals surface area contributed by atoms with E-state index >= 15 is 0 Å². The molecular formula is C14H16BrN3O2. The number of hydrogen-bond acceptors (Lipinski definition) is 3. The van der Waals surface area contributed by atoms with Crippen molar-refractivity contribution in [2.24, 2.45) is 0 Å². The summed E-state index contributed by atoms with van der Waals surface area (Å²) in [5, 5.41) is 14.3. The molecule has 106 valence electrons. The summed E-state index contributed by atoms with van der Waals surface area (Å²) in [5.74, 6) is 0. The molecule has 0 fully saturated rings. The van der Waals surface area contributed by atoms with E-state index in [0.717, 1.165) is 5.56 Å². The number of benzene rings is 1. The van der Waals surface area contributed by atoms with E-state index in [-0.39, 0.29) is 16.7 Å². The summed E-state index contributed by atoms with van der Waals surface area (Å²) in [4.78, 5) is 10.7. The number of nitro benzene ring substituents is 1. The molecule has 6 heteroatoms. The van der Waals surface area contributed by atoms with Gasteiger partial charge in [0.2, 0.25) is 0 Å². The Hall–Kier alpha value is -1.66. The first-order valence-electron chi connectivity index (χ1n) is 6.27. The number of nitrogens with one attached hydrogen (secondary N) is 1. The van der Waals surface area contributed by atoms with Crippen LogP contribution in [0.1, 0.15) is 24.1 Å². The van der Waals surface area contributed by atoms with Crippen LogP contribution in [0.25, 0.3) is 0 Å². The number of nitro groups is 1. The Labute approximate surface area is 125 Å². The third-order valence-electron chi connectivity index (χ3n) is 3.30. The molecule has 0 amide bonds. The van der Waals surface area contributed by atoms with Crippen molar-refractivity contribution in [3.05, 3.63) is 62.4 Å². The van der Waals surface area contributed by atoms with Crippen molar-refractivity contribution in [1.82, 2.24) is 9.88 Å². The summed E-state index contributed by atoms with van der Waals surface area (Å²) in [6.45, 7) is 2.56. The second-order valence-corrected chi connectivity index (χ2v) is 5.57. The molecular weight excluding hydrogens is 322 g/mol. The van der Waals surface area contributed by atoms with E-state index in [2.05, 4.69) is 28.2 Å². The van der Waals surface area contributed by atoms with E-state index in [1.807, 2.05) is 36.1 Å². The zero-order chi connectivity index (χ0) is 14.7. The Morgan fingerprint density at radius 2 is 2.20 bits per heavy atom. The minimum absolute atomic E-state index is 0.135. The fourth-order valence-electron chi connectivity index (χ4n) is 2.02. The van der Waals surface area contributed by atoms with Gasteiger partial charge in [0.25, 0.3) is 5.69 Å². The first-order valence-corrected chi connectivity index (χ1v) is 7.06. The van der Waals surface area contributed by atoms with E-state index in [1.54, 1.807) is 6.07 Å². The molecule has 0 bridgehead atoms. The van der Waals surface area contributed by atoms with Gasteiger partial charge in [-0.1, -0.05) is 15.9 Å². The van der Waals surface area contributed by atoms with Gasteiger partial charge in [-0.3, -0.25) is 10.1 Å². The molecule has 5 nitrogen and oxygen atoms in total. The third-order valence-corrected chi connectivity index (χ3v) is 3.80. The lowest BCUT2D eigenvalue weighted by molar-refractivity contribution is -0.385. The summed E-state index contributed by atoms with van der Waals surface area (Å²) < 4.78 is 2.67. The first kappa shape index (κ1) is 14.7. The van der Waals surface area contributed by atoms with Crippen molar-refractivity contribution in [1.29, 1.82) is 0 Å². The molecule has 0 saturated heterocycles. The molecule has 1 unspecified atom stereocenters. The summed E-state index contributed by atoms with van der Waals surface area (Å²) in [6.07, 6.45) is 3.95. The molecule has 0 radical (unpaired) electrons. The van der Waals surface area contributed by atoms with Gasteiger partial charge in [0.1, 0.15) is 0 Å². The van der Waals surface area contributed by atoms with Crippen LogP contribution in [0.4, 0.5) is 5.69 Å². The smallest absolute Gasteiger partial charge is 0.275 e. The van der Waals surface area contributed by atoms with Crippen molar-refractivity contribution in [3.8, 4) is 0 Å². The van der Waals surface area contributed by atoms with Gasteiger partial charge >= 0.3 is 0 Å². The highest BCUT2D eigenvalue weighted by Crippen LogP contribution is 2.24. The Morgan fingerprint density at radius 1 is 1.45 bits per heavy atom. The van der Waals surface area contributed by atoms with E-state index in [4.69, 9.17) is 0 Å². The largest absolute Gasteiger partial charge is 0.349 e. The highest BCUT2D eigenvalue weighted by Gasteiger charge is 2.14. The number of aromatic nitrogens is 1. The van der Waals surface area contributed by atoms with Gasteiger partial charge in [0, 0.05) is 34.5 Å². The zero-order valence-corrected chi connectivity index (χ0v) is 12.9. The number of rotatable bonds is 5. The molecule has 1 heterocycles. The Kier molecular flexibility index (Phi) is 4.57. The van der Waals surface area contributed by atoms with Crippen LogP contribution < -0.4 is 5.32 Å². The molecule has 20 heavy (non-hydrogen) atoms. The van der Waals surface area contributed by atoms with Crippen LogP contribution in [-0.2, 0) is 6.54 Å². The highest BCUT2D eigenvalue weighted by atomic mass is 79.9. The average Bonchev–Trinajstić information content (AvgIpc) is 2.88. The van der Waals surface area contributed by atoms with Crippen LogP contribution in [0.15, 0.2) is 41.1 Å². The second-order valence-electron chi connectivity index (χ2n) is 4.66. The predicted octanol–water partition coefficient (Wildman–Crippen LogP) is 3.49. The second kappa shape index (κ2) is 6.19. The third kappa shape index (κ3) is 3.26. The molecule has 1 atom stereocenters. The highest BCUT2D eigenvalue weighted by molar-refractivity contribution is 9.10. The van der Waals surface area contributed by atoms with Gasteiger partial charge in [0.05, 0.1) is 11.5 Å². The van der Waals surface area contributed by atoms with Crippen LogP contribution in [-0.4, -0.2) is 16.5 Å². The zero-order valence-electron chi connectivity index (χ0n) is 11.3. The quantitative estimate of drug-likeness (QED) is 0.671. The molecule has 0 aliphatic rings. The van der Waals surface area contributed by atoms with Gasteiger partial charge < -0.3 is 9.88 Å². The molecule has 0 aliphatic carbocycles. The molecule has 0 saturated carbocycles. The lowest BCUT2D eigenvalue weighted by Gasteiger charge is -2.08. The summed E-state index contributed by atoms with van der Waals surface area (Å²) in [5.41, 5.74) is 1.99. The predicted molar refractivity (Wildman–Crippen MR) is 81.8 cm³/mol. The van der Waals surface area contributed by atoms with E-state index in [0.29, 0.717) is 16.6 Å². The number of hydrogen-bond donors (Lipinski definition) is 1. The topological polar surface area (TPSA) is 60.1 Å². The maximum atomic E-state index is 11.1. The minimum atomic E-state index is -0.346. The van der Waals surface area contributed by atoms with Crippen LogP contribution in [0.5, 0.6) is 0 Å². The van der Waals surface area contributed by atoms with Gasteiger partial charge in [0.15, 0.2) is 0 Å². The van der Waals surface area contributed by atoms with E-state index in [9.17, 15) is 10.1 Å². The number of nitrogens with zero attached hydrogens (tertiary/aromatic N) is 2. The van der Waals surface area contributed by atoms with Crippen LogP contribution >= 0.6 is 15.9 Å². The average molecular weight is 338 g/mol. The normalized spacial score (nSPS) is 12.3. The van der Waals surface area contributed by atoms with Crippen molar-refractivity contribution in [2.45, 2.75) is 19.5 Å². The SMILES string of the molecule is CNC(C)c1ccn(Cc2ccc(Br)cc2[N+](=O)[O-])c1. The maximum Gasteiger partial charge on any atom is 0.275 e. The fourth-order valence-corrected chi connectivity index (χ4v) is 2.37. The standard InChI is InChI=1S/C14H16BrN3O2/c1-10(16-2)11-5-6-17(8-11)9-12-3-4-13(15)7-14(12)18(19)20/h3-8,10,16H,9H2,1-2H3. The molecule has 1 N–H and O–H groups in total. The van der Waals surface area contributed by atoms with E-state index in [1.165, 1.54) is 6.07 Å². The number of halogens is 1. The molecule has 1 aromatic heterocycles. The minimum Gasteiger partial charge on any atom is -0.349 e. The molecule has 0 aliphatic heterocycles. The van der Waals surface area contributed by atoms with Crippen molar-refractivity contribution in [3.63, 3.8) is 0 Å². The van der Waals surface area contributed by atoms with E-state index < -0.39 is 0 Å². The lowest BCUT2D eigenvalue weighted by Crippen LogP contribution is -2.11. The molecule has 2 aromatic rings.